The molecule has 0 saturated carbocycles. The van der Waals surface area contributed by atoms with Crippen LogP contribution in [-0.2, 0) is 43.5 Å². The molecule has 2 aromatic rings. The van der Waals surface area contributed by atoms with Crippen LogP contribution in [0, 0.1) is 12.1 Å². The molecule has 30 heavy (non-hydrogen) atoms. The molecule has 1 radical (unpaired) electrons. The molecule has 0 saturated heterocycles. The molecule has 2 aromatic carbocycles. The molecule has 0 fully saturated rings. The van der Waals surface area contributed by atoms with Gasteiger partial charge in [0.15, 0.2) is 0 Å². The fraction of sp³-hybridized carbons (Fsp3) is 0.429. The normalized spacial score (nSPS) is 13.3. The average Bonchev–Trinajstić information content (AvgIpc) is 3.31. The second kappa shape index (κ2) is 11.6. The molecule has 0 atom stereocenters. The molecule has 2 aliphatic carbocycles. The van der Waals surface area contributed by atoms with Gasteiger partial charge in [-0.25, -0.2) is 12.2 Å². The summed E-state index contributed by atoms with van der Waals surface area (Å²) in [5, 5.41) is 0. The summed E-state index contributed by atoms with van der Waals surface area (Å²) >= 11 is 0. The molecule has 0 aromatic heterocycles. The quantitative estimate of drug-likeness (QED) is 0.225. The van der Waals surface area contributed by atoms with Crippen molar-refractivity contribution in [2.45, 2.75) is 78.3 Å². The van der Waals surface area contributed by atoms with Crippen molar-refractivity contribution in [2.75, 3.05) is 0 Å². The van der Waals surface area contributed by atoms with Gasteiger partial charge < -0.3 is 0 Å². The fourth-order valence-electron chi connectivity index (χ4n) is 3.37. The van der Waals surface area contributed by atoms with Gasteiger partial charge in [-0.05, 0) is 28.4 Å². The maximum Gasteiger partial charge on any atom is 2.00 e. The molecule has 0 bridgehead atoms. The van der Waals surface area contributed by atoms with Crippen molar-refractivity contribution in [3.63, 3.8) is 0 Å². The molecule has 157 valence electrons. The van der Waals surface area contributed by atoms with Crippen molar-refractivity contribution in [1.82, 2.24) is 0 Å². The first-order valence-electron chi connectivity index (χ1n) is 10.7. The van der Waals surface area contributed by atoms with Gasteiger partial charge >= 0.3 is 26.2 Å². The Morgan fingerprint density at radius 3 is 1.97 bits per heavy atom. The first-order chi connectivity index (χ1) is 13.6. The van der Waals surface area contributed by atoms with Gasteiger partial charge in [-0.1, -0.05) is 78.4 Å². The maximum absolute atomic E-state index is 3.67. The summed E-state index contributed by atoms with van der Waals surface area (Å²) in [6.45, 7) is 18.0. The van der Waals surface area contributed by atoms with Crippen LogP contribution in [0.5, 0.6) is 0 Å². The molecule has 0 unspecified atom stereocenters. The minimum absolute atomic E-state index is 0. The summed E-state index contributed by atoms with van der Waals surface area (Å²) in [7, 11) is 0.750. The van der Waals surface area contributed by atoms with Crippen molar-refractivity contribution < 1.29 is 26.2 Å². The Balaban J connectivity index is 0.000000424. The molecule has 0 spiro atoms. The number of hydrogen-bond acceptors (Lipinski definition) is 0. The number of hydrogen-bond donors (Lipinski definition) is 0. The van der Waals surface area contributed by atoms with E-state index in [9.17, 15) is 0 Å². The van der Waals surface area contributed by atoms with Crippen molar-refractivity contribution in [3.8, 4) is 11.1 Å². The molecule has 0 heterocycles. The summed E-state index contributed by atoms with van der Waals surface area (Å²) in [5.41, 5.74) is 8.70. The Morgan fingerprint density at radius 1 is 0.867 bits per heavy atom. The summed E-state index contributed by atoms with van der Waals surface area (Å²) < 4.78 is 0. The monoisotopic (exact) mass is 491 g/mol. The Bertz CT molecular complexity index is 805. The number of fused-ring (bicyclic) bond motifs is 3. The molecule has 2 heteroatoms. The molecule has 0 nitrogen and oxygen atoms in total. The van der Waals surface area contributed by atoms with E-state index in [4.69, 9.17) is 0 Å². The van der Waals surface area contributed by atoms with E-state index in [1.54, 1.807) is 0 Å². The molecule has 0 aliphatic heterocycles. The third kappa shape index (κ3) is 7.31. The third-order valence-electron chi connectivity index (χ3n) is 5.05. The van der Waals surface area contributed by atoms with Gasteiger partial charge in [0.2, 0.25) is 0 Å². The van der Waals surface area contributed by atoms with Crippen LogP contribution in [0.25, 0.3) is 11.1 Å². The summed E-state index contributed by atoms with van der Waals surface area (Å²) in [6, 6.07) is 15.2. The SMILES string of the molecule is CC(C)(C)c1[c-]c2c(cc1)-c1ccc(C(C)(C)C)cc1C2.C[SiH]C.[C-]1=CC=CC1.[Zr+2]. The van der Waals surface area contributed by atoms with Crippen LogP contribution in [0.2, 0.25) is 13.1 Å². The van der Waals surface area contributed by atoms with Gasteiger partial charge in [-0.15, -0.1) is 17.5 Å². The minimum atomic E-state index is 0. The van der Waals surface area contributed by atoms with Crippen LogP contribution >= 0.6 is 0 Å². The summed E-state index contributed by atoms with van der Waals surface area (Å²) in [6.07, 6.45) is 11.0. The zero-order valence-electron chi connectivity index (χ0n) is 20.1. The Kier molecular flexibility index (Phi) is 10.4. The van der Waals surface area contributed by atoms with E-state index >= 15 is 0 Å². The molecule has 0 amide bonds. The van der Waals surface area contributed by atoms with Gasteiger partial charge in [-0.2, -0.15) is 29.8 Å². The average molecular weight is 493 g/mol. The molecular formula is C28H37SiZr. The second-order valence-electron chi connectivity index (χ2n) is 9.89. The third-order valence-corrected chi connectivity index (χ3v) is 5.05. The number of benzene rings is 2. The molecular weight excluding hydrogens is 456 g/mol. The smallest absolute Gasteiger partial charge is 0.273 e. The molecule has 4 rings (SSSR count). The van der Waals surface area contributed by atoms with E-state index in [1.165, 1.54) is 33.4 Å². The van der Waals surface area contributed by atoms with Crippen LogP contribution in [0.4, 0.5) is 0 Å². The maximum atomic E-state index is 3.67. The Labute approximate surface area is 207 Å². The van der Waals surface area contributed by atoms with Gasteiger partial charge in [-0.3, -0.25) is 6.08 Å². The van der Waals surface area contributed by atoms with Crippen LogP contribution in [-0.4, -0.2) is 9.52 Å². The van der Waals surface area contributed by atoms with Crippen LogP contribution in [0.15, 0.2) is 48.6 Å². The van der Waals surface area contributed by atoms with Gasteiger partial charge in [0.05, 0.1) is 0 Å². The largest absolute Gasteiger partial charge is 2.00 e. The van der Waals surface area contributed by atoms with E-state index in [0.717, 1.165) is 22.4 Å². The van der Waals surface area contributed by atoms with E-state index in [1.807, 2.05) is 12.2 Å². The first kappa shape index (κ1) is 27.1. The van der Waals surface area contributed by atoms with Crippen molar-refractivity contribution in [2.24, 2.45) is 0 Å². The standard InChI is InChI=1S/C21H25.C5H5.C2H7Si.Zr/c1-20(2,3)16-7-9-18-14(12-16)11-15-13-17(21(4,5)6)8-10-19(15)18;1-2-4-5-3-1;1-3-2;/h7-10,12H,11H2,1-6H3;1-3H,4H2;3H,1-2H3;/q2*-1;;+2. The number of rotatable bonds is 0. The van der Waals surface area contributed by atoms with E-state index < -0.39 is 0 Å². The number of allylic oxidation sites excluding steroid dienone is 4. The van der Waals surface area contributed by atoms with Crippen LogP contribution in [0.1, 0.15) is 70.2 Å². The van der Waals surface area contributed by atoms with Gasteiger partial charge in [0, 0.05) is 9.52 Å². The first-order valence-corrected chi connectivity index (χ1v) is 13.0. The Morgan fingerprint density at radius 2 is 1.50 bits per heavy atom. The van der Waals surface area contributed by atoms with Crippen molar-refractivity contribution in [1.29, 1.82) is 0 Å². The summed E-state index contributed by atoms with van der Waals surface area (Å²) in [4.78, 5) is 0. The van der Waals surface area contributed by atoms with Crippen LogP contribution in [0.3, 0.4) is 0 Å². The summed E-state index contributed by atoms with van der Waals surface area (Å²) in [5.74, 6) is 0. The fourth-order valence-corrected chi connectivity index (χ4v) is 3.37. The second-order valence-corrected chi connectivity index (χ2v) is 11.0. The van der Waals surface area contributed by atoms with Crippen molar-refractivity contribution in [3.05, 3.63) is 83.0 Å². The minimum Gasteiger partial charge on any atom is -0.273 e. The van der Waals surface area contributed by atoms with Gasteiger partial charge in [0.25, 0.3) is 0 Å². The van der Waals surface area contributed by atoms with Gasteiger partial charge in [0.1, 0.15) is 0 Å². The zero-order valence-corrected chi connectivity index (χ0v) is 23.7. The van der Waals surface area contributed by atoms with E-state index in [2.05, 4.69) is 103 Å². The molecule has 2 aliphatic rings. The Hall–Kier alpha value is -0.980. The molecule has 0 N–H and O–H groups in total. The van der Waals surface area contributed by atoms with Crippen molar-refractivity contribution >= 4 is 9.52 Å². The van der Waals surface area contributed by atoms with E-state index in [-0.39, 0.29) is 37.0 Å². The topological polar surface area (TPSA) is 0 Å². The predicted molar refractivity (Wildman–Crippen MR) is 131 cm³/mol. The van der Waals surface area contributed by atoms with Crippen LogP contribution < -0.4 is 0 Å². The predicted octanol–water partition coefficient (Wildman–Crippen LogP) is 7.48. The zero-order chi connectivity index (χ0) is 21.7. The van der Waals surface area contributed by atoms with E-state index in [0.29, 0.717) is 0 Å².